The zero-order valence-electron chi connectivity index (χ0n) is 23.3. The molecule has 2 fully saturated rings. The Labute approximate surface area is 248 Å². The minimum absolute atomic E-state index is 0.123. The van der Waals surface area contributed by atoms with Crippen LogP contribution in [0.3, 0.4) is 0 Å². The molecule has 16 nitrogen and oxygen atoms in total. The number of aliphatic hydroxyl groups is 7. The number of fused-ring (bicyclic) bond motifs is 1. The molecule has 0 aliphatic carbocycles. The number of hydrogen-bond donors (Lipinski definition) is 9. The van der Waals surface area contributed by atoms with E-state index in [1.807, 2.05) is 0 Å². The van der Waals surface area contributed by atoms with E-state index < -0.39 is 90.3 Å². The number of benzene rings is 2. The van der Waals surface area contributed by atoms with Crippen LogP contribution < -0.4 is 19.6 Å². The summed E-state index contributed by atoms with van der Waals surface area (Å²) in [6.07, 6.45) is -15.9. The van der Waals surface area contributed by atoms with Crippen molar-refractivity contribution in [2.24, 2.45) is 0 Å². The summed E-state index contributed by atoms with van der Waals surface area (Å²) in [7, 11) is 1.18. The molecule has 2 aliphatic rings. The van der Waals surface area contributed by atoms with Crippen LogP contribution in [0.2, 0.25) is 0 Å². The molecule has 0 bridgehead atoms. The molecule has 5 rings (SSSR count). The number of aromatic hydroxyl groups is 2. The molecule has 240 valence electrons. The van der Waals surface area contributed by atoms with E-state index in [1.54, 1.807) is 0 Å². The fraction of sp³-hybridized carbons (Fsp3) is 0.464. The normalized spacial score (nSPS) is 32.4. The second kappa shape index (κ2) is 12.4. The van der Waals surface area contributed by atoms with Crippen molar-refractivity contribution >= 4 is 11.0 Å². The van der Waals surface area contributed by atoms with Crippen LogP contribution in [-0.2, 0) is 9.47 Å². The Morgan fingerprint density at radius 2 is 1.41 bits per heavy atom. The van der Waals surface area contributed by atoms with Crippen LogP contribution in [0.15, 0.2) is 39.5 Å². The molecule has 10 atom stereocenters. The second-order valence-electron chi connectivity index (χ2n) is 10.4. The lowest BCUT2D eigenvalue weighted by Gasteiger charge is -2.39. The first-order valence-corrected chi connectivity index (χ1v) is 13.4. The minimum Gasteiger partial charge on any atom is -0.508 e. The Balaban J connectivity index is 1.65. The van der Waals surface area contributed by atoms with Crippen molar-refractivity contribution in [2.75, 3.05) is 13.7 Å². The average Bonchev–Trinajstić information content (AvgIpc) is 3.00. The molecule has 3 aromatic rings. The van der Waals surface area contributed by atoms with Crippen molar-refractivity contribution in [3.05, 3.63) is 40.6 Å². The second-order valence-corrected chi connectivity index (χ2v) is 10.4. The molecule has 2 aliphatic heterocycles. The third kappa shape index (κ3) is 5.51. The topological polar surface area (TPSA) is 258 Å². The predicted molar refractivity (Wildman–Crippen MR) is 145 cm³/mol. The predicted octanol–water partition coefficient (Wildman–Crippen LogP) is -1.74. The van der Waals surface area contributed by atoms with Gasteiger partial charge in [-0.3, -0.25) is 4.79 Å². The molecule has 0 saturated carbocycles. The third-order valence-corrected chi connectivity index (χ3v) is 7.49. The van der Waals surface area contributed by atoms with Crippen LogP contribution in [0.25, 0.3) is 22.3 Å². The van der Waals surface area contributed by atoms with Gasteiger partial charge < -0.3 is 74.1 Å². The number of methoxy groups -OCH3 is 1. The highest BCUT2D eigenvalue weighted by Gasteiger charge is 2.46. The first kappa shape index (κ1) is 31.7. The Hall–Kier alpha value is -3.71. The molecule has 0 spiro atoms. The van der Waals surface area contributed by atoms with Crippen molar-refractivity contribution in [2.45, 2.75) is 68.3 Å². The molecule has 0 radical (unpaired) electrons. The van der Waals surface area contributed by atoms with E-state index in [0.717, 1.165) is 6.07 Å². The zero-order chi connectivity index (χ0) is 32.0. The summed E-state index contributed by atoms with van der Waals surface area (Å²) in [5.74, 6) is -2.36. The molecule has 2 saturated heterocycles. The maximum atomic E-state index is 13.9. The highest BCUT2D eigenvalue weighted by atomic mass is 16.7. The summed E-state index contributed by atoms with van der Waals surface area (Å²) in [4.78, 5) is 13.9. The number of phenols is 2. The van der Waals surface area contributed by atoms with E-state index in [1.165, 1.54) is 38.3 Å². The number of hydrogen-bond acceptors (Lipinski definition) is 16. The summed E-state index contributed by atoms with van der Waals surface area (Å²) >= 11 is 0. The van der Waals surface area contributed by atoms with Crippen molar-refractivity contribution in [3.63, 3.8) is 0 Å². The van der Waals surface area contributed by atoms with E-state index in [9.17, 15) is 50.8 Å². The molecule has 0 amide bonds. The molecular formula is C28H32O16. The molecular weight excluding hydrogens is 592 g/mol. The average molecular weight is 625 g/mol. The SMILES string of the molecule is COc1c(O[C@@H]2OC(CO)[C@@H](O)[C@H](O)C2O)cc(O)c2c(=O)c(O[C@@H]3OC(C)[C@H](O)C(O)[C@@H]3O)c(-c3ccc(O)cc3)oc12. The lowest BCUT2D eigenvalue weighted by Crippen LogP contribution is -2.60. The molecule has 44 heavy (non-hydrogen) atoms. The maximum Gasteiger partial charge on any atom is 0.239 e. The highest BCUT2D eigenvalue weighted by molar-refractivity contribution is 5.93. The van der Waals surface area contributed by atoms with E-state index >= 15 is 0 Å². The summed E-state index contributed by atoms with van der Waals surface area (Å²) < 4.78 is 33.7. The van der Waals surface area contributed by atoms with Crippen LogP contribution in [0.1, 0.15) is 6.92 Å². The van der Waals surface area contributed by atoms with E-state index in [2.05, 4.69) is 0 Å². The van der Waals surface area contributed by atoms with Gasteiger partial charge >= 0.3 is 0 Å². The molecule has 9 N–H and O–H groups in total. The van der Waals surface area contributed by atoms with Gasteiger partial charge in [0, 0.05) is 11.6 Å². The lowest BCUT2D eigenvalue weighted by atomic mass is 9.99. The molecule has 1 aromatic heterocycles. The van der Waals surface area contributed by atoms with Crippen LogP contribution in [0.4, 0.5) is 0 Å². The quantitative estimate of drug-likeness (QED) is 0.141. The van der Waals surface area contributed by atoms with E-state index in [-0.39, 0.29) is 34.2 Å². The Morgan fingerprint density at radius 3 is 2.02 bits per heavy atom. The smallest absolute Gasteiger partial charge is 0.239 e. The number of ether oxygens (including phenoxy) is 5. The van der Waals surface area contributed by atoms with Crippen LogP contribution in [0, 0.1) is 0 Å². The van der Waals surface area contributed by atoms with Crippen molar-refractivity contribution in [1.29, 1.82) is 0 Å². The van der Waals surface area contributed by atoms with Crippen LogP contribution >= 0.6 is 0 Å². The first-order valence-electron chi connectivity index (χ1n) is 13.4. The molecule has 3 heterocycles. The maximum absolute atomic E-state index is 13.9. The first-order chi connectivity index (χ1) is 20.9. The molecule has 2 aromatic carbocycles. The largest absolute Gasteiger partial charge is 0.508 e. The summed E-state index contributed by atoms with van der Waals surface area (Å²) in [5.41, 5.74) is -1.22. The van der Waals surface area contributed by atoms with Gasteiger partial charge in [-0.25, -0.2) is 0 Å². The monoisotopic (exact) mass is 624 g/mol. The molecule has 16 heteroatoms. The summed E-state index contributed by atoms with van der Waals surface area (Å²) in [6, 6.07) is 6.23. The number of aliphatic hydroxyl groups excluding tert-OH is 7. The summed E-state index contributed by atoms with van der Waals surface area (Å²) in [5, 5.41) is 91.3. The molecule has 4 unspecified atom stereocenters. The lowest BCUT2D eigenvalue weighted by molar-refractivity contribution is -0.277. The van der Waals surface area contributed by atoms with Crippen LogP contribution in [-0.4, -0.2) is 121 Å². The Kier molecular flexibility index (Phi) is 8.90. The summed E-state index contributed by atoms with van der Waals surface area (Å²) in [6.45, 7) is 0.681. The van der Waals surface area contributed by atoms with Gasteiger partial charge in [-0.2, -0.15) is 0 Å². The fourth-order valence-corrected chi connectivity index (χ4v) is 4.99. The van der Waals surface area contributed by atoms with Crippen molar-refractivity contribution < 1.29 is 74.1 Å². The fourth-order valence-electron chi connectivity index (χ4n) is 4.99. The zero-order valence-corrected chi connectivity index (χ0v) is 23.3. The van der Waals surface area contributed by atoms with Gasteiger partial charge in [-0.15, -0.1) is 0 Å². The van der Waals surface area contributed by atoms with E-state index in [0.29, 0.717) is 0 Å². The Bertz CT molecular complexity index is 1540. The highest BCUT2D eigenvalue weighted by Crippen LogP contribution is 2.45. The van der Waals surface area contributed by atoms with E-state index in [4.69, 9.17) is 28.1 Å². The van der Waals surface area contributed by atoms with Gasteiger partial charge in [0.1, 0.15) is 59.6 Å². The van der Waals surface area contributed by atoms with Gasteiger partial charge in [0.15, 0.2) is 17.1 Å². The van der Waals surface area contributed by atoms with Crippen molar-refractivity contribution in [3.8, 4) is 40.1 Å². The van der Waals surface area contributed by atoms with Gasteiger partial charge in [0.05, 0.1) is 19.8 Å². The van der Waals surface area contributed by atoms with Gasteiger partial charge in [0.25, 0.3) is 0 Å². The number of phenolic OH excluding ortho intramolecular Hbond substituents is 2. The number of rotatable bonds is 7. The Morgan fingerprint density at radius 1 is 0.795 bits per heavy atom. The standard InChI is InChI=1S/C28H32O16/c1-9-16(32)19(35)21(37)27(40-9)44-26-18(34)15-12(31)7-13(41-28-22(38)20(36)17(33)14(8-29)42-28)24(39-2)25(15)43-23(26)10-3-5-11(30)6-4-10/h3-7,9,14,16-17,19-22,27-33,35-38H,8H2,1-2H3/t9?,14?,16-,17+,19?,20-,21-,22?,27-,28+/m0/s1. The minimum atomic E-state index is -1.82. The third-order valence-electron chi connectivity index (χ3n) is 7.49. The van der Waals surface area contributed by atoms with Gasteiger partial charge in [-0.1, -0.05) is 0 Å². The van der Waals surface area contributed by atoms with Crippen LogP contribution in [0.5, 0.6) is 28.7 Å². The van der Waals surface area contributed by atoms with Gasteiger partial charge in [-0.05, 0) is 31.2 Å². The van der Waals surface area contributed by atoms with Crippen molar-refractivity contribution in [1.82, 2.24) is 0 Å². The van der Waals surface area contributed by atoms with Gasteiger partial charge in [0.2, 0.25) is 29.5 Å².